The van der Waals surface area contributed by atoms with Crippen molar-refractivity contribution in [3.63, 3.8) is 0 Å². The van der Waals surface area contributed by atoms with E-state index in [2.05, 4.69) is 15.0 Å². The van der Waals surface area contributed by atoms with E-state index in [0.717, 1.165) is 5.56 Å². The molecule has 0 fully saturated rings. The quantitative estimate of drug-likeness (QED) is 0.401. The maximum absolute atomic E-state index is 12.6. The Morgan fingerprint density at radius 3 is 2.18 bits per heavy atom. The van der Waals surface area contributed by atoms with Crippen molar-refractivity contribution in [2.75, 3.05) is 5.32 Å². The van der Waals surface area contributed by atoms with Gasteiger partial charge in [0.15, 0.2) is 0 Å². The Morgan fingerprint density at radius 1 is 0.818 bits per heavy atom. The van der Waals surface area contributed by atoms with Crippen LogP contribution in [0.25, 0.3) is 0 Å². The van der Waals surface area contributed by atoms with Crippen LogP contribution in [0.15, 0.2) is 108 Å². The van der Waals surface area contributed by atoms with E-state index in [4.69, 9.17) is 4.74 Å². The molecular formula is C25H21N3O4S. The van der Waals surface area contributed by atoms with Crippen LogP contribution in [-0.2, 0) is 16.6 Å². The van der Waals surface area contributed by atoms with Crippen LogP contribution < -0.4 is 14.8 Å². The molecule has 0 spiro atoms. The lowest BCUT2D eigenvalue weighted by Crippen LogP contribution is -2.23. The minimum atomic E-state index is -3.71. The Balaban J connectivity index is 1.34. The first kappa shape index (κ1) is 22.2. The molecule has 0 radical (unpaired) electrons. The summed E-state index contributed by atoms with van der Waals surface area (Å²) in [6.07, 6.45) is 3.18. The summed E-state index contributed by atoms with van der Waals surface area (Å²) in [6.45, 7) is 0.0924. The molecule has 4 rings (SSSR count). The number of sulfonamides is 1. The second kappa shape index (κ2) is 10.1. The molecule has 0 saturated carbocycles. The summed E-state index contributed by atoms with van der Waals surface area (Å²) in [7, 11) is -3.71. The molecule has 0 aliphatic carbocycles. The molecular weight excluding hydrogens is 438 g/mol. The molecule has 33 heavy (non-hydrogen) atoms. The van der Waals surface area contributed by atoms with Crippen LogP contribution in [0.5, 0.6) is 11.5 Å². The highest BCUT2D eigenvalue weighted by Crippen LogP contribution is 2.22. The van der Waals surface area contributed by atoms with E-state index in [1.807, 2.05) is 30.3 Å². The van der Waals surface area contributed by atoms with Gasteiger partial charge in [-0.3, -0.25) is 9.78 Å². The van der Waals surface area contributed by atoms with Crippen molar-refractivity contribution in [3.8, 4) is 11.5 Å². The van der Waals surface area contributed by atoms with Gasteiger partial charge in [-0.2, -0.15) is 0 Å². The molecule has 166 valence electrons. The number of para-hydroxylation sites is 1. The first-order valence-corrected chi connectivity index (χ1v) is 11.6. The summed E-state index contributed by atoms with van der Waals surface area (Å²) in [4.78, 5) is 16.4. The van der Waals surface area contributed by atoms with Crippen molar-refractivity contribution in [1.29, 1.82) is 0 Å². The maximum atomic E-state index is 12.6. The van der Waals surface area contributed by atoms with Gasteiger partial charge < -0.3 is 10.1 Å². The van der Waals surface area contributed by atoms with Crippen molar-refractivity contribution in [2.45, 2.75) is 11.4 Å². The lowest BCUT2D eigenvalue weighted by molar-refractivity contribution is 0.102. The zero-order chi connectivity index (χ0) is 23.1. The maximum Gasteiger partial charge on any atom is 0.255 e. The minimum Gasteiger partial charge on any atom is -0.457 e. The minimum absolute atomic E-state index is 0.0924. The summed E-state index contributed by atoms with van der Waals surface area (Å²) < 4.78 is 33.5. The highest BCUT2D eigenvalue weighted by Gasteiger charge is 2.14. The molecule has 1 aromatic heterocycles. The summed E-state index contributed by atoms with van der Waals surface area (Å²) in [6, 6.07) is 25.6. The Kier molecular flexibility index (Phi) is 6.77. The molecule has 0 bridgehead atoms. The summed E-state index contributed by atoms with van der Waals surface area (Å²) in [5, 5.41) is 2.75. The number of nitrogens with one attached hydrogen (secondary N) is 2. The van der Waals surface area contributed by atoms with Crippen molar-refractivity contribution in [3.05, 3.63) is 115 Å². The Bertz CT molecular complexity index is 1310. The number of benzene rings is 3. The summed E-state index contributed by atoms with van der Waals surface area (Å²) >= 11 is 0. The van der Waals surface area contributed by atoms with E-state index in [1.165, 1.54) is 12.1 Å². The number of nitrogens with zero attached hydrogens (tertiary/aromatic N) is 1. The molecule has 3 aromatic carbocycles. The van der Waals surface area contributed by atoms with Gasteiger partial charge in [-0.05, 0) is 66.2 Å². The number of anilines is 1. The number of pyridine rings is 1. The van der Waals surface area contributed by atoms with E-state index >= 15 is 0 Å². The monoisotopic (exact) mass is 459 g/mol. The molecule has 2 N–H and O–H groups in total. The van der Waals surface area contributed by atoms with Gasteiger partial charge in [0, 0.05) is 18.3 Å². The molecule has 1 amide bonds. The van der Waals surface area contributed by atoms with E-state index in [1.54, 1.807) is 60.9 Å². The second-order valence-corrected chi connectivity index (χ2v) is 8.87. The average Bonchev–Trinajstić information content (AvgIpc) is 2.85. The standard InChI is InChI=1S/C25H21N3O4S/c29-25(28-21-5-4-16-26-18-21)20-10-8-19(9-11-20)17-27-33(30,31)24-14-12-23(13-15-24)32-22-6-2-1-3-7-22/h1-16,18,27H,17H2,(H,28,29). The van der Waals surface area contributed by atoms with Crippen LogP contribution in [0.2, 0.25) is 0 Å². The first-order valence-electron chi connectivity index (χ1n) is 10.1. The number of carbonyl (C=O) groups excluding carboxylic acids is 1. The molecule has 4 aromatic rings. The van der Waals surface area contributed by atoms with Gasteiger partial charge >= 0.3 is 0 Å². The van der Waals surface area contributed by atoms with Crippen LogP contribution >= 0.6 is 0 Å². The lowest BCUT2D eigenvalue weighted by atomic mass is 10.1. The predicted molar refractivity (Wildman–Crippen MR) is 126 cm³/mol. The van der Waals surface area contributed by atoms with Gasteiger partial charge in [-0.25, -0.2) is 13.1 Å². The zero-order valence-corrected chi connectivity index (χ0v) is 18.3. The third-order valence-corrected chi connectivity index (χ3v) is 6.13. The van der Waals surface area contributed by atoms with Crippen LogP contribution in [-0.4, -0.2) is 19.3 Å². The second-order valence-electron chi connectivity index (χ2n) is 7.10. The molecule has 0 atom stereocenters. The molecule has 0 unspecified atom stereocenters. The highest BCUT2D eigenvalue weighted by atomic mass is 32.2. The van der Waals surface area contributed by atoms with Gasteiger partial charge in [-0.1, -0.05) is 30.3 Å². The van der Waals surface area contributed by atoms with Crippen molar-refractivity contribution in [1.82, 2.24) is 9.71 Å². The van der Waals surface area contributed by atoms with E-state index in [9.17, 15) is 13.2 Å². The number of rotatable bonds is 8. The van der Waals surface area contributed by atoms with Crippen molar-refractivity contribution >= 4 is 21.6 Å². The molecule has 7 nitrogen and oxygen atoms in total. The first-order chi connectivity index (χ1) is 16.0. The fraction of sp³-hybridized carbons (Fsp3) is 0.0400. The van der Waals surface area contributed by atoms with Gasteiger partial charge in [-0.15, -0.1) is 0 Å². The van der Waals surface area contributed by atoms with Crippen LogP contribution in [0.4, 0.5) is 5.69 Å². The Labute approximate surface area is 192 Å². The average molecular weight is 460 g/mol. The largest absolute Gasteiger partial charge is 0.457 e. The van der Waals surface area contributed by atoms with Crippen LogP contribution in [0, 0.1) is 0 Å². The van der Waals surface area contributed by atoms with Crippen molar-refractivity contribution < 1.29 is 17.9 Å². The SMILES string of the molecule is O=C(Nc1cccnc1)c1ccc(CNS(=O)(=O)c2ccc(Oc3ccccc3)cc2)cc1. The molecule has 0 aliphatic heterocycles. The third kappa shape index (κ3) is 6.03. The highest BCUT2D eigenvalue weighted by molar-refractivity contribution is 7.89. The summed E-state index contributed by atoms with van der Waals surface area (Å²) in [5.74, 6) is 0.942. The predicted octanol–water partition coefficient (Wildman–Crippen LogP) is 4.60. The fourth-order valence-corrected chi connectivity index (χ4v) is 4.00. The topological polar surface area (TPSA) is 97.4 Å². The number of amides is 1. The Hall–Kier alpha value is -4.01. The van der Waals surface area contributed by atoms with E-state index in [0.29, 0.717) is 22.7 Å². The van der Waals surface area contributed by atoms with Crippen LogP contribution in [0.3, 0.4) is 0 Å². The summed E-state index contributed by atoms with van der Waals surface area (Å²) in [5.41, 5.74) is 1.78. The van der Waals surface area contributed by atoms with Gasteiger partial charge in [0.1, 0.15) is 11.5 Å². The van der Waals surface area contributed by atoms with Gasteiger partial charge in [0.2, 0.25) is 10.0 Å². The van der Waals surface area contributed by atoms with Crippen LogP contribution in [0.1, 0.15) is 15.9 Å². The fourth-order valence-electron chi connectivity index (χ4n) is 2.99. The molecule has 0 aliphatic rings. The van der Waals surface area contributed by atoms with Gasteiger partial charge in [0.25, 0.3) is 5.91 Å². The number of hydrogen-bond acceptors (Lipinski definition) is 5. The number of hydrogen-bond donors (Lipinski definition) is 2. The van der Waals surface area contributed by atoms with Crippen molar-refractivity contribution in [2.24, 2.45) is 0 Å². The number of aromatic nitrogens is 1. The molecule has 8 heteroatoms. The molecule has 1 heterocycles. The van der Waals surface area contributed by atoms with E-state index in [-0.39, 0.29) is 17.3 Å². The number of carbonyl (C=O) groups is 1. The Morgan fingerprint density at radius 2 is 1.52 bits per heavy atom. The zero-order valence-electron chi connectivity index (χ0n) is 17.5. The molecule has 0 saturated heterocycles. The smallest absolute Gasteiger partial charge is 0.255 e. The third-order valence-electron chi connectivity index (χ3n) is 4.71. The normalized spacial score (nSPS) is 11.0. The number of ether oxygens (including phenoxy) is 1. The van der Waals surface area contributed by atoms with E-state index < -0.39 is 10.0 Å². The lowest BCUT2D eigenvalue weighted by Gasteiger charge is -2.09. The van der Waals surface area contributed by atoms with Gasteiger partial charge in [0.05, 0.1) is 16.8 Å².